The highest BCUT2D eigenvalue weighted by molar-refractivity contribution is 7.89. The van der Waals surface area contributed by atoms with Crippen LogP contribution in [-0.4, -0.2) is 8.42 Å². The predicted molar refractivity (Wildman–Crippen MR) is 74.5 cm³/mol. The Balaban J connectivity index is 2.20. The fourth-order valence-corrected chi connectivity index (χ4v) is 3.76. The van der Waals surface area contributed by atoms with Crippen molar-refractivity contribution in [3.8, 4) is 0 Å². The maximum absolute atomic E-state index is 12.1. The molecule has 0 saturated carbocycles. The standard InChI is InChI=1S/C12H12ClNO2S2/c1-9-7-10(13)4-5-12(9)18(15,16)14-8-11-3-2-6-17-11/h2-7,14H,8H2,1H3. The van der Waals surface area contributed by atoms with Gasteiger partial charge in [0.1, 0.15) is 0 Å². The number of hydrogen-bond donors (Lipinski definition) is 1. The van der Waals surface area contributed by atoms with Crippen LogP contribution < -0.4 is 4.72 Å². The third-order valence-electron chi connectivity index (χ3n) is 2.44. The Hall–Kier alpha value is -0.880. The molecule has 6 heteroatoms. The summed E-state index contributed by atoms with van der Waals surface area (Å²) in [5, 5.41) is 2.45. The summed E-state index contributed by atoms with van der Waals surface area (Å²) in [6.07, 6.45) is 0. The summed E-state index contributed by atoms with van der Waals surface area (Å²) in [6, 6.07) is 8.52. The Morgan fingerprint density at radius 2 is 2.11 bits per heavy atom. The fourth-order valence-electron chi connectivity index (χ4n) is 1.57. The molecular weight excluding hydrogens is 290 g/mol. The van der Waals surface area contributed by atoms with Crippen molar-refractivity contribution < 1.29 is 8.42 Å². The summed E-state index contributed by atoms with van der Waals surface area (Å²) < 4.78 is 26.8. The van der Waals surface area contributed by atoms with Crippen LogP contribution in [0.1, 0.15) is 10.4 Å². The minimum atomic E-state index is -3.49. The topological polar surface area (TPSA) is 46.2 Å². The van der Waals surface area contributed by atoms with E-state index in [1.165, 1.54) is 17.4 Å². The molecule has 2 rings (SSSR count). The van der Waals surface area contributed by atoms with Crippen molar-refractivity contribution in [2.45, 2.75) is 18.4 Å². The molecule has 18 heavy (non-hydrogen) atoms. The number of sulfonamides is 1. The summed E-state index contributed by atoms with van der Waals surface area (Å²) in [7, 11) is -3.49. The average Bonchev–Trinajstić information content (AvgIpc) is 2.78. The number of nitrogens with one attached hydrogen (secondary N) is 1. The van der Waals surface area contributed by atoms with Crippen molar-refractivity contribution in [2.24, 2.45) is 0 Å². The van der Waals surface area contributed by atoms with Gasteiger partial charge in [0, 0.05) is 16.4 Å². The highest BCUT2D eigenvalue weighted by atomic mass is 35.5. The van der Waals surface area contributed by atoms with E-state index in [-0.39, 0.29) is 4.90 Å². The first kappa shape index (κ1) is 13.5. The highest BCUT2D eigenvalue weighted by Gasteiger charge is 2.16. The molecule has 0 atom stereocenters. The fraction of sp³-hybridized carbons (Fsp3) is 0.167. The lowest BCUT2D eigenvalue weighted by Gasteiger charge is -2.08. The minimum Gasteiger partial charge on any atom is -0.207 e. The molecule has 0 aliphatic rings. The molecular formula is C12H12ClNO2S2. The van der Waals surface area contributed by atoms with Gasteiger partial charge in [-0.3, -0.25) is 0 Å². The van der Waals surface area contributed by atoms with E-state index >= 15 is 0 Å². The molecule has 1 heterocycles. The predicted octanol–water partition coefficient (Wildman–Crippen LogP) is 3.19. The van der Waals surface area contributed by atoms with Crippen LogP contribution in [0.3, 0.4) is 0 Å². The van der Waals surface area contributed by atoms with E-state index in [0.29, 0.717) is 17.1 Å². The summed E-state index contributed by atoms with van der Waals surface area (Å²) in [4.78, 5) is 1.24. The monoisotopic (exact) mass is 301 g/mol. The molecule has 0 fully saturated rings. The molecule has 0 amide bonds. The molecule has 0 bridgehead atoms. The number of benzene rings is 1. The molecule has 1 aromatic heterocycles. The summed E-state index contributed by atoms with van der Waals surface area (Å²) in [6.45, 7) is 2.04. The molecule has 1 aromatic carbocycles. The van der Waals surface area contributed by atoms with Crippen molar-refractivity contribution in [3.05, 3.63) is 51.2 Å². The Labute approximate surface area is 115 Å². The van der Waals surface area contributed by atoms with Crippen LogP contribution in [-0.2, 0) is 16.6 Å². The van der Waals surface area contributed by atoms with Crippen LogP contribution in [0.2, 0.25) is 5.02 Å². The quantitative estimate of drug-likeness (QED) is 0.942. The number of thiophene rings is 1. The van der Waals surface area contributed by atoms with E-state index in [2.05, 4.69) is 4.72 Å². The summed E-state index contributed by atoms with van der Waals surface area (Å²) >= 11 is 7.33. The third kappa shape index (κ3) is 3.11. The number of rotatable bonds is 4. The summed E-state index contributed by atoms with van der Waals surface area (Å²) in [5.41, 5.74) is 0.640. The van der Waals surface area contributed by atoms with E-state index in [1.807, 2.05) is 17.5 Å². The van der Waals surface area contributed by atoms with Crippen LogP contribution in [0.25, 0.3) is 0 Å². The van der Waals surface area contributed by atoms with Gasteiger partial charge in [-0.05, 0) is 42.1 Å². The molecule has 0 unspecified atom stereocenters. The zero-order chi connectivity index (χ0) is 13.2. The minimum absolute atomic E-state index is 0.267. The molecule has 96 valence electrons. The second-order valence-electron chi connectivity index (χ2n) is 3.81. The molecule has 1 N–H and O–H groups in total. The Bertz CT molecular complexity index is 636. The molecule has 0 radical (unpaired) electrons. The zero-order valence-corrected chi connectivity index (χ0v) is 12.1. The lowest BCUT2D eigenvalue weighted by atomic mass is 10.2. The SMILES string of the molecule is Cc1cc(Cl)ccc1S(=O)(=O)NCc1cccs1. The van der Waals surface area contributed by atoms with Crippen LogP contribution in [0.5, 0.6) is 0 Å². The zero-order valence-electron chi connectivity index (χ0n) is 9.68. The van der Waals surface area contributed by atoms with E-state index in [4.69, 9.17) is 11.6 Å². The Morgan fingerprint density at radius 1 is 1.33 bits per heavy atom. The smallest absolute Gasteiger partial charge is 0.207 e. The lowest BCUT2D eigenvalue weighted by molar-refractivity contribution is 0.581. The lowest BCUT2D eigenvalue weighted by Crippen LogP contribution is -2.23. The van der Waals surface area contributed by atoms with Gasteiger partial charge in [0.15, 0.2) is 0 Å². The normalized spacial score (nSPS) is 11.7. The average molecular weight is 302 g/mol. The molecule has 2 aromatic rings. The van der Waals surface area contributed by atoms with Gasteiger partial charge in [-0.2, -0.15) is 0 Å². The van der Waals surface area contributed by atoms with Crippen molar-refractivity contribution in [1.82, 2.24) is 4.72 Å². The van der Waals surface area contributed by atoms with E-state index in [0.717, 1.165) is 4.88 Å². The first-order valence-corrected chi connectivity index (χ1v) is 8.01. The molecule has 3 nitrogen and oxygen atoms in total. The largest absolute Gasteiger partial charge is 0.241 e. The van der Waals surface area contributed by atoms with Gasteiger partial charge in [0.25, 0.3) is 0 Å². The van der Waals surface area contributed by atoms with Crippen LogP contribution in [0.15, 0.2) is 40.6 Å². The van der Waals surface area contributed by atoms with Crippen LogP contribution in [0, 0.1) is 6.92 Å². The molecule has 0 saturated heterocycles. The summed E-state index contributed by atoms with van der Waals surface area (Å²) in [5.74, 6) is 0. The maximum atomic E-state index is 12.1. The third-order valence-corrected chi connectivity index (χ3v) is 5.12. The van der Waals surface area contributed by atoms with E-state index in [1.54, 1.807) is 19.1 Å². The molecule has 0 aliphatic heterocycles. The second-order valence-corrected chi connectivity index (χ2v) is 7.02. The number of aryl methyl sites for hydroxylation is 1. The van der Waals surface area contributed by atoms with Gasteiger partial charge < -0.3 is 0 Å². The van der Waals surface area contributed by atoms with Crippen LogP contribution >= 0.6 is 22.9 Å². The van der Waals surface area contributed by atoms with Gasteiger partial charge >= 0.3 is 0 Å². The van der Waals surface area contributed by atoms with Gasteiger partial charge in [0.05, 0.1) is 4.90 Å². The van der Waals surface area contributed by atoms with Crippen molar-refractivity contribution in [2.75, 3.05) is 0 Å². The number of hydrogen-bond acceptors (Lipinski definition) is 3. The number of halogens is 1. The van der Waals surface area contributed by atoms with Gasteiger partial charge in [0.2, 0.25) is 10.0 Å². The van der Waals surface area contributed by atoms with Gasteiger partial charge in [-0.1, -0.05) is 17.7 Å². The Morgan fingerprint density at radius 3 is 2.72 bits per heavy atom. The first-order valence-electron chi connectivity index (χ1n) is 5.27. The molecule has 0 aliphatic carbocycles. The van der Waals surface area contributed by atoms with Crippen molar-refractivity contribution >= 4 is 33.0 Å². The molecule has 0 spiro atoms. The van der Waals surface area contributed by atoms with E-state index < -0.39 is 10.0 Å². The first-order chi connectivity index (χ1) is 8.49. The highest BCUT2D eigenvalue weighted by Crippen LogP contribution is 2.20. The van der Waals surface area contributed by atoms with Crippen LogP contribution in [0.4, 0.5) is 0 Å². The second kappa shape index (κ2) is 5.40. The van der Waals surface area contributed by atoms with Crippen molar-refractivity contribution in [1.29, 1.82) is 0 Å². The Kier molecular flexibility index (Phi) is 4.07. The van der Waals surface area contributed by atoms with Crippen molar-refractivity contribution in [3.63, 3.8) is 0 Å². The van der Waals surface area contributed by atoms with Gasteiger partial charge in [-0.25, -0.2) is 13.1 Å². The van der Waals surface area contributed by atoms with Gasteiger partial charge in [-0.15, -0.1) is 11.3 Å². The maximum Gasteiger partial charge on any atom is 0.241 e. The van der Waals surface area contributed by atoms with E-state index in [9.17, 15) is 8.42 Å².